The number of ether oxygens (including phenoxy) is 1. The first-order valence-corrected chi connectivity index (χ1v) is 11.0. The fraction of sp³-hybridized carbons (Fsp3) is 0.417. The van der Waals surface area contributed by atoms with E-state index in [9.17, 15) is 9.59 Å². The molecule has 3 aromatic rings. The van der Waals surface area contributed by atoms with Gasteiger partial charge in [0, 0.05) is 25.7 Å². The lowest BCUT2D eigenvalue weighted by Crippen LogP contribution is -2.42. The predicted molar refractivity (Wildman–Crippen MR) is 121 cm³/mol. The molecule has 0 bridgehead atoms. The molecular formula is C24H30N4O3. The molecule has 7 heteroatoms. The van der Waals surface area contributed by atoms with Crippen molar-refractivity contribution in [2.75, 3.05) is 26.2 Å². The first-order chi connectivity index (χ1) is 15.1. The van der Waals surface area contributed by atoms with Gasteiger partial charge in [-0.15, -0.1) is 0 Å². The SMILES string of the molecule is CCCOc1cccc(CNC(=O)CN2CCC(n3c(=O)[nH]c4ccccc43)CC2)c1. The third-order valence-corrected chi connectivity index (χ3v) is 5.77. The van der Waals surface area contributed by atoms with E-state index in [2.05, 4.69) is 22.1 Å². The molecule has 1 aromatic heterocycles. The number of hydrogen-bond donors (Lipinski definition) is 2. The van der Waals surface area contributed by atoms with Gasteiger partial charge in [0.1, 0.15) is 5.75 Å². The Hall–Kier alpha value is -3.06. The number of imidazole rings is 1. The van der Waals surface area contributed by atoms with Crippen molar-refractivity contribution in [1.82, 2.24) is 19.8 Å². The summed E-state index contributed by atoms with van der Waals surface area (Å²) in [7, 11) is 0. The molecule has 0 radical (unpaired) electrons. The first kappa shape index (κ1) is 21.2. The average Bonchev–Trinajstić information content (AvgIpc) is 3.13. The van der Waals surface area contributed by atoms with Crippen LogP contribution in [0.2, 0.25) is 0 Å². The fourth-order valence-electron chi connectivity index (χ4n) is 4.20. The topological polar surface area (TPSA) is 79.4 Å². The predicted octanol–water partition coefficient (Wildman–Crippen LogP) is 3.07. The van der Waals surface area contributed by atoms with Crippen LogP contribution in [0.5, 0.6) is 5.75 Å². The minimum Gasteiger partial charge on any atom is -0.494 e. The van der Waals surface area contributed by atoms with Gasteiger partial charge in [0.2, 0.25) is 5.91 Å². The van der Waals surface area contributed by atoms with E-state index in [-0.39, 0.29) is 17.6 Å². The van der Waals surface area contributed by atoms with E-state index in [0.29, 0.717) is 19.7 Å². The lowest BCUT2D eigenvalue weighted by molar-refractivity contribution is -0.122. The number of benzene rings is 2. The molecule has 0 unspecified atom stereocenters. The molecule has 7 nitrogen and oxygen atoms in total. The molecule has 4 rings (SSSR count). The number of likely N-dealkylation sites (tertiary alicyclic amines) is 1. The molecule has 1 saturated heterocycles. The highest BCUT2D eigenvalue weighted by molar-refractivity contribution is 5.78. The Kier molecular flexibility index (Phi) is 6.72. The van der Waals surface area contributed by atoms with E-state index in [1.54, 1.807) is 0 Å². The third-order valence-electron chi connectivity index (χ3n) is 5.77. The van der Waals surface area contributed by atoms with Gasteiger partial charge in [-0.1, -0.05) is 31.2 Å². The van der Waals surface area contributed by atoms with Crippen molar-refractivity contribution in [3.63, 3.8) is 0 Å². The molecule has 164 valence electrons. The van der Waals surface area contributed by atoms with Crippen LogP contribution >= 0.6 is 0 Å². The van der Waals surface area contributed by atoms with Crippen LogP contribution in [-0.4, -0.2) is 46.6 Å². The van der Waals surface area contributed by atoms with Gasteiger partial charge in [-0.3, -0.25) is 14.3 Å². The van der Waals surface area contributed by atoms with Gasteiger partial charge >= 0.3 is 5.69 Å². The maximum atomic E-state index is 12.4. The van der Waals surface area contributed by atoms with Gasteiger partial charge in [-0.2, -0.15) is 0 Å². The van der Waals surface area contributed by atoms with Gasteiger partial charge in [0.05, 0.1) is 24.2 Å². The lowest BCUT2D eigenvalue weighted by Gasteiger charge is -2.32. The second-order valence-electron chi connectivity index (χ2n) is 8.10. The van der Waals surface area contributed by atoms with Crippen molar-refractivity contribution >= 4 is 16.9 Å². The number of piperidine rings is 1. The molecule has 2 heterocycles. The van der Waals surface area contributed by atoms with Crippen molar-refractivity contribution in [2.45, 2.75) is 38.8 Å². The number of para-hydroxylation sites is 2. The smallest absolute Gasteiger partial charge is 0.326 e. The summed E-state index contributed by atoms with van der Waals surface area (Å²) >= 11 is 0. The zero-order chi connectivity index (χ0) is 21.6. The van der Waals surface area contributed by atoms with E-state index >= 15 is 0 Å². The Bertz CT molecular complexity index is 1080. The Labute approximate surface area is 182 Å². The van der Waals surface area contributed by atoms with Crippen LogP contribution < -0.4 is 15.7 Å². The number of aromatic amines is 1. The molecule has 1 amide bonds. The summed E-state index contributed by atoms with van der Waals surface area (Å²) in [4.78, 5) is 30.0. The molecule has 0 spiro atoms. The summed E-state index contributed by atoms with van der Waals surface area (Å²) in [5.74, 6) is 0.853. The maximum Gasteiger partial charge on any atom is 0.326 e. The summed E-state index contributed by atoms with van der Waals surface area (Å²) in [5, 5.41) is 3.01. The number of aromatic nitrogens is 2. The molecule has 0 atom stereocenters. The molecule has 31 heavy (non-hydrogen) atoms. The molecule has 1 aliphatic heterocycles. The van der Waals surface area contributed by atoms with E-state index in [1.807, 2.05) is 53.1 Å². The van der Waals surface area contributed by atoms with Gasteiger partial charge in [-0.05, 0) is 49.1 Å². The maximum absolute atomic E-state index is 12.4. The van der Waals surface area contributed by atoms with Crippen LogP contribution in [0, 0.1) is 0 Å². The average molecular weight is 423 g/mol. The number of carbonyl (C=O) groups excluding carboxylic acids is 1. The normalized spacial score (nSPS) is 15.3. The number of H-pyrrole nitrogens is 1. The summed E-state index contributed by atoms with van der Waals surface area (Å²) in [5.41, 5.74) is 2.80. The van der Waals surface area contributed by atoms with Crippen LogP contribution in [0.15, 0.2) is 53.3 Å². The Morgan fingerprint density at radius 3 is 2.77 bits per heavy atom. The summed E-state index contributed by atoms with van der Waals surface area (Å²) in [6.07, 6.45) is 2.67. The quantitative estimate of drug-likeness (QED) is 0.585. The van der Waals surface area contributed by atoms with Crippen LogP contribution in [0.25, 0.3) is 11.0 Å². The van der Waals surface area contributed by atoms with Crippen molar-refractivity contribution in [3.8, 4) is 5.75 Å². The van der Waals surface area contributed by atoms with Crippen LogP contribution in [-0.2, 0) is 11.3 Å². The second-order valence-corrected chi connectivity index (χ2v) is 8.10. The standard InChI is InChI=1S/C24H30N4O3/c1-2-14-31-20-7-5-6-18(15-20)16-25-23(29)17-27-12-10-19(11-13-27)28-22-9-4-3-8-21(22)26-24(28)30/h3-9,15,19H,2,10-14,16-17H2,1H3,(H,25,29)(H,26,30). The van der Waals surface area contributed by atoms with E-state index in [1.165, 1.54) is 0 Å². The first-order valence-electron chi connectivity index (χ1n) is 11.0. The number of rotatable bonds is 8. The van der Waals surface area contributed by atoms with E-state index in [4.69, 9.17) is 4.74 Å². The van der Waals surface area contributed by atoms with Crippen molar-refractivity contribution in [2.24, 2.45) is 0 Å². The highest BCUT2D eigenvalue weighted by Crippen LogP contribution is 2.24. The number of fused-ring (bicyclic) bond motifs is 1. The van der Waals surface area contributed by atoms with Crippen molar-refractivity contribution in [3.05, 3.63) is 64.6 Å². The molecular weight excluding hydrogens is 392 g/mol. The number of carbonyl (C=O) groups is 1. The summed E-state index contributed by atoms with van der Waals surface area (Å²) in [6.45, 7) is 5.22. The van der Waals surface area contributed by atoms with Crippen molar-refractivity contribution in [1.29, 1.82) is 0 Å². The monoisotopic (exact) mass is 422 g/mol. The molecule has 1 fully saturated rings. The molecule has 0 saturated carbocycles. The van der Waals surface area contributed by atoms with Gasteiger partial charge in [0.25, 0.3) is 0 Å². The zero-order valence-electron chi connectivity index (χ0n) is 18.0. The number of nitrogens with zero attached hydrogens (tertiary/aromatic N) is 2. The van der Waals surface area contributed by atoms with Crippen LogP contribution in [0.1, 0.15) is 37.8 Å². The largest absolute Gasteiger partial charge is 0.494 e. The minimum absolute atomic E-state index is 0.0163. The minimum atomic E-state index is -0.0532. The van der Waals surface area contributed by atoms with Gasteiger partial charge < -0.3 is 15.0 Å². The third kappa shape index (κ3) is 5.17. The van der Waals surface area contributed by atoms with Gasteiger partial charge in [0.15, 0.2) is 0 Å². The zero-order valence-corrected chi connectivity index (χ0v) is 18.0. The Balaban J connectivity index is 1.27. The summed E-state index contributed by atoms with van der Waals surface area (Å²) < 4.78 is 7.53. The fourth-order valence-corrected chi connectivity index (χ4v) is 4.20. The molecule has 1 aliphatic rings. The van der Waals surface area contributed by atoms with Crippen molar-refractivity contribution < 1.29 is 9.53 Å². The molecule has 2 aromatic carbocycles. The lowest BCUT2D eigenvalue weighted by atomic mass is 10.0. The van der Waals surface area contributed by atoms with Crippen LogP contribution in [0.3, 0.4) is 0 Å². The Morgan fingerprint density at radius 2 is 1.97 bits per heavy atom. The second kappa shape index (κ2) is 9.83. The van der Waals surface area contributed by atoms with Crippen LogP contribution in [0.4, 0.5) is 0 Å². The summed E-state index contributed by atoms with van der Waals surface area (Å²) in [6, 6.07) is 15.8. The number of nitrogens with one attached hydrogen (secondary N) is 2. The molecule has 2 N–H and O–H groups in total. The van der Waals surface area contributed by atoms with E-state index in [0.717, 1.165) is 54.7 Å². The van der Waals surface area contributed by atoms with Gasteiger partial charge in [-0.25, -0.2) is 4.79 Å². The number of hydrogen-bond acceptors (Lipinski definition) is 4. The highest BCUT2D eigenvalue weighted by atomic mass is 16.5. The highest BCUT2D eigenvalue weighted by Gasteiger charge is 2.24. The van der Waals surface area contributed by atoms with E-state index < -0.39 is 0 Å². The Morgan fingerprint density at radius 1 is 1.16 bits per heavy atom. The number of amides is 1. The molecule has 0 aliphatic carbocycles.